The van der Waals surface area contributed by atoms with Crippen LogP contribution in [0.15, 0.2) is 48.5 Å². The van der Waals surface area contributed by atoms with Gasteiger partial charge in [0.1, 0.15) is 5.82 Å². The number of rotatable bonds is 5. The minimum Gasteiger partial charge on any atom is -0.353 e. The summed E-state index contributed by atoms with van der Waals surface area (Å²) < 4.78 is 13.0. The predicted molar refractivity (Wildman–Crippen MR) is 110 cm³/mol. The van der Waals surface area contributed by atoms with Gasteiger partial charge in [-0.25, -0.2) is 4.39 Å². The molecule has 2 aromatic rings. The number of imide groups is 1. The monoisotopic (exact) mass is 423 g/mol. The number of likely N-dealkylation sites (tertiary alicyclic amines) is 1. The fraction of sp³-hybridized carbons (Fsp3) is 0.304. The van der Waals surface area contributed by atoms with Crippen molar-refractivity contribution in [1.82, 2.24) is 15.1 Å². The van der Waals surface area contributed by atoms with Gasteiger partial charge >= 0.3 is 0 Å². The summed E-state index contributed by atoms with van der Waals surface area (Å²) in [6.45, 7) is 0.999. The Kier molecular flexibility index (Phi) is 5.79. The van der Waals surface area contributed by atoms with Crippen molar-refractivity contribution in [2.24, 2.45) is 0 Å². The maximum atomic E-state index is 13.0. The highest BCUT2D eigenvalue weighted by atomic mass is 19.1. The highest BCUT2D eigenvalue weighted by Gasteiger charge is 2.35. The summed E-state index contributed by atoms with van der Waals surface area (Å²) in [4.78, 5) is 52.4. The maximum Gasteiger partial charge on any atom is 0.261 e. The molecule has 7 nitrogen and oxygen atoms in total. The molecule has 2 aliphatic rings. The summed E-state index contributed by atoms with van der Waals surface area (Å²) in [6.07, 6.45) is 1.23. The molecule has 0 saturated carbocycles. The molecule has 0 atom stereocenters. The van der Waals surface area contributed by atoms with Crippen molar-refractivity contribution in [3.8, 4) is 0 Å². The van der Waals surface area contributed by atoms with Gasteiger partial charge in [0.05, 0.1) is 11.1 Å². The Morgan fingerprint density at radius 1 is 0.935 bits per heavy atom. The standard InChI is InChI=1S/C23H22FN3O4/c24-16-7-5-15(6-8-16)21(29)26-12-9-17(10-13-26)25-20(28)11-14-27-22(30)18-3-1-2-4-19(18)23(27)31/h1-8,17H,9-14H2,(H,25,28). The molecule has 0 aliphatic carbocycles. The molecule has 4 rings (SSSR count). The van der Waals surface area contributed by atoms with E-state index < -0.39 is 0 Å². The molecule has 4 amide bonds. The number of nitrogens with one attached hydrogen (secondary N) is 1. The normalized spacial score (nSPS) is 16.4. The van der Waals surface area contributed by atoms with E-state index in [4.69, 9.17) is 0 Å². The summed E-state index contributed by atoms with van der Waals surface area (Å²) >= 11 is 0. The van der Waals surface area contributed by atoms with Crippen molar-refractivity contribution in [1.29, 1.82) is 0 Å². The Bertz CT molecular complexity index is 994. The molecule has 1 saturated heterocycles. The van der Waals surface area contributed by atoms with Crippen LogP contribution in [0.2, 0.25) is 0 Å². The quantitative estimate of drug-likeness (QED) is 0.748. The summed E-state index contributed by atoms with van der Waals surface area (Å²) in [5.74, 6) is -1.53. The number of nitrogens with zero attached hydrogens (tertiary/aromatic N) is 2. The van der Waals surface area contributed by atoms with Crippen LogP contribution in [-0.4, -0.2) is 59.1 Å². The topological polar surface area (TPSA) is 86.8 Å². The summed E-state index contributed by atoms with van der Waals surface area (Å²) in [5, 5.41) is 2.92. The first-order valence-electron chi connectivity index (χ1n) is 10.2. The van der Waals surface area contributed by atoms with E-state index in [2.05, 4.69) is 5.32 Å². The number of hydrogen-bond acceptors (Lipinski definition) is 4. The van der Waals surface area contributed by atoms with Crippen LogP contribution in [0.1, 0.15) is 50.3 Å². The molecule has 1 fully saturated rings. The number of fused-ring (bicyclic) bond motifs is 1. The van der Waals surface area contributed by atoms with E-state index in [0.717, 1.165) is 4.90 Å². The smallest absolute Gasteiger partial charge is 0.261 e. The number of carbonyl (C=O) groups excluding carboxylic acids is 4. The predicted octanol–water partition coefficient (Wildman–Crippen LogP) is 2.23. The second-order valence-corrected chi connectivity index (χ2v) is 7.70. The van der Waals surface area contributed by atoms with Crippen LogP contribution in [0, 0.1) is 5.82 Å². The molecule has 8 heteroatoms. The molecule has 2 aliphatic heterocycles. The van der Waals surface area contributed by atoms with Crippen LogP contribution in [0.4, 0.5) is 4.39 Å². The van der Waals surface area contributed by atoms with E-state index in [1.165, 1.54) is 24.3 Å². The van der Waals surface area contributed by atoms with Gasteiger partial charge in [-0.3, -0.25) is 24.1 Å². The minimum atomic E-state index is -0.390. The lowest BCUT2D eigenvalue weighted by Crippen LogP contribution is -2.47. The van der Waals surface area contributed by atoms with Gasteiger partial charge < -0.3 is 10.2 Å². The lowest BCUT2D eigenvalue weighted by Gasteiger charge is -2.32. The summed E-state index contributed by atoms with van der Waals surface area (Å²) in [5.41, 5.74) is 1.17. The average Bonchev–Trinajstić information content (AvgIpc) is 3.03. The molecule has 2 aromatic carbocycles. The van der Waals surface area contributed by atoms with Crippen LogP contribution in [-0.2, 0) is 4.79 Å². The van der Waals surface area contributed by atoms with Gasteiger partial charge in [-0.15, -0.1) is 0 Å². The molecule has 2 heterocycles. The zero-order chi connectivity index (χ0) is 22.0. The second kappa shape index (κ2) is 8.67. The van der Waals surface area contributed by atoms with Gasteiger partial charge in [-0.1, -0.05) is 12.1 Å². The Hall–Kier alpha value is -3.55. The molecule has 0 aromatic heterocycles. The van der Waals surface area contributed by atoms with Gasteiger partial charge in [0.25, 0.3) is 17.7 Å². The molecule has 0 radical (unpaired) electrons. The number of benzene rings is 2. The Balaban J connectivity index is 1.24. The van der Waals surface area contributed by atoms with Crippen LogP contribution in [0.3, 0.4) is 0 Å². The molecule has 0 bridgehead atoms. The van der Waals surface area contributed by atoms with Crippen LogP contribution in [0.25, 0.3) is 0 Å². The fourth-order valence-corrected chi connectivity index (χ4v) is 3.96. The van der Waals surface area contributed by atoms with Crippen molar-refractivity contribution in [3.05, 3.63) is 71.0 Å². The molecular formula is C23H22FN3O4. The van der Waals surface area contributed by atoms with Crippen molar-refractivity contribution >= 4 is 23.6 Å². The Morgan fingerprint density at radius 3 is 2.10 bits per heavy atom. The van der Waals surface area contributed by atoms with Crippen molar-refractivity contribution in [2.75, 3.05) is 19.6 Å². The van der Waals surface area contributed by atoms with Crippen molar-refractivity contribution < 1.29 is 23.6 Å². The van der Waals surface area contributed by atoms with E-state index in [-0.39, 0.29) is 48.5 Å². The van der Waals surface area contributed by atoms with Crippen LogP contribution >= 0.6 is 0 Å². The first-order valence-corrected chi connectivity index (χ1v) is 10.2. The molecule has 0 spiro atoms. The van der Waals surface area contributed by atoms with Crippen molar-refractivity contribution in [2.45, 2.75) is 25.3 Å². The number of piperidine rings is 1. The van der Waals surface area contributed by atoms with Gasteiger partial charge in [-0.05, 0) is 49.2 Å². The van der Waals surface area contributed by atoms with E-state index in [9.17, 15) is 23.6 Å². The largest absolute Gasteiger partial charge is 0.353 e. The highest BCUT2D eigenvalue weighted by molar-refractivity contribution is 6.21. The van der Waals surface area contributed by atoms with Gasteiger partial charge in [0.2, 0.25) is 5.91 Å². The first-order chi connectivity index (χ1) is 14.9. The first kappa shape index (κ1) is 20.7. The lowest BCUT2D eigenvalue weighted by molar-refractivity contribution is -0.122. The summed E-state index contributed by atoms with van der Waals surface area (Å²) in [7, 11) is 0. The van der Waals surface area contributed by atoms with Crippen LogP contribution < -0.4 is 5.32 Å². The number of amides is 4. The molecular weight excluding hydrogens is 401 g/mol. The van der Waals surface area contributed by atoms with Gasteiger partial charge in [0, 0.05) is 37.7 Å². The van der Waals surface area contributed by atoms with Crippen molar-refractivity contribution in [3.63, 3.8) is 0 Å². The number of halogens is 1. The molecule has 0 unspecified atom stereocenters. The Morgan fingerprint density at radius 2 is 1.52 bits per heavy atom. The van der Waals surface area contributed by atoms with E-state index in [1.807, 2.05) is 0 Å². The van der Waals surface area contributed by atoms with Gasteiger partial charge in [-0.2, -0.15) is 0 Å². The van der Waals surface area contributed by atoms with E-state index in [1.54, 1.807) is 29.2 Å². The third kappa shape index (κ3) is 4.33. The SMILES string of the molecule is O=C(CCN1C(=O)c2ccccc2C1=O)NC1CCN(C(=O)c2ccc(F)cc2)CC1. The van der Waals surface area contributed by atoms with E-state index in [0.29, 0.717) is 42.6 Å². The molecule has 1 N–H and O–H groups in total. The Labute approximate surface area is 178 Å². The average molecular weight is 423 g/mol. The zero-order valence-electron chi connectivity index (χ0n) is 16.8. The van der Waals surface area contributed by atoms with Crippen LogP contribution in [0.5, 0.6) is 0 Å². The summed E-state index contributed by atoms with van der Waals surface area (Å²) in [6, 6.07) is 12.0. The number of carbonyl (C=O) groups is 4. The lowest BCUT2D eigenvalue weighted by atomic mass is 10.0. The fourth-order valence-electron chi connectivity index (χ4n) is 3.96. The maximum absolute atomic E-state index is 13.0. The highest BCUT2D eigenvalue weighted by Crippen LogP contribution is 2.22. The van der Waals surface area contributed by atoms with Gasteiger partial charge in [0.15, 0.2) is 0 Å². The third-order valence-electron chi connectivity index (χ3n) is 5.68. The van der Waals surface area contributed by atoms with E-state index >= 15 is 0 Å². The zero-order valence-corrected chi connectivity index (χ0v) is 16.8. The molecule has 31 heavy (non-hydrogen) atoms. The second-order valence-electron chi connectivity index (χ2n) is 7.70. The third-order valence-corrected chi connectivity index (χ3v) is 5.68. The molecule has 160 valence electrons. The minimum absolute atomic E-state index is 0.0279. The number of hydrogen-bond donors (Lipinski definition) is 1.